The van der Waals surface area contributed by atoms with Crippen molar-refractivity contribution in [3.63, 3.8) is 0 Å². The van der Waals surface area contributed by atoms with E-state index in [2.05, 4.69) is 0 Å². The predicted molar refractivity (Wildman–Crippen MR) is 113 cm³/mol. The molecule has 0 aliphatic carbocycles. The molecule has 1 atom stereocenters. The van der Waals surface area contributed by atoms with E-state index in [1.54, 1.807) is 6.07 Å². The second kappa shape index (κ2) is 13.7. The zero-order chi connectivity index (χ0) is 23.5. The molecule has 11 nitrogen and oxygen atoms in total. The van der Waals surface area contributed by atoms with Gasteiger partial charge in [-0.25, -0.2) is 0 Å². The first-order valence-corrected chi connectivity index (χ1v) is 9.54. The summed E-state index contributed by atoms with van der Waals surface area (Å²) in [6.07, 6.45) is 0.345. The molecular formula is C23H15Na2O11-. The van der Waals surface area contributed by atoms with Gasteiger partial charge in [-0.15, -0.1) is 6.07 Å². The summed E-state index contributed by atoms with van der Waals surface area (Å²) < 4.78 is 21.4. The Morgan fingerprint density at radius 1 is 0.917 bits per heavy atom. The fourth-order valence-corrected chi connectivity index (χ4v) is 3.17. The minimum atomic E-state index is -1.63. The van der Waals surface area contributed by atoms with Crippen molar-refractivity contribution in [1.82, 2.24) is 0 Å². The number of aromatic carboxylic acids is 1. The molecule has 0 spiro atoms. The van der Waals surface area contributed by atoms with Gasteiger partial charge >= 0.3 is 59.1 Å². The summed E-state index contributed by atoms with van der Waals surface area (Å²) in [7, 11) is 0. The number of carbonyl (C=O) groups is 1. The summed E-state index contributed by atoms with van der Waals surface area (Å²) in [5.74, 6) is -2.27. The van der Waals surface area contributed by atoms with E-state index in [0.717, 1.165) is 12.1 Å². The molecule has 0 amide bonds. The maximum atomic E-state index is 12.3. The Hall–Kier alpha value is -2.48. The summed E-state index contributed by atoms with van der Waals surface area (Å²) in [6.45, 7) is -0.557. The van der Waals surface area contributed by atoms with Crippen molar-refractivity contribution in [3.8, 4) is 11.5 Å². The van der Waals surface area contributed by atoms with E-state index in [4.69, 9.17) is 18.3 Å². The monoisotopic (exact) mass is 513 g/mol. The third-order valence-corrected chi connectivity index (χ3v) is 4.60. The number of ether oxygens (including phenoxy) is 2. The molecule has 0 saturated heterocycles. The van der Waals surface area contributed by atoms with Gasteiger partial charge in [0.25, 0.3) is 0 Å². The van der Waals surface area contributed by atoms with Gasteiger partial charge in [0.2, 0.25) is 0 Å². The van der Waals surface area contributed by atoms with E-state index in [0.29, 0.717) is 0 Å². The third kappa shape index (κ3) is 6.84. The summed E-state index contributed by atoms with van der Waals surface area (Å²) >= 11 is 0. The maximum absolute atomic E-state index is 12.3. The van der Waals surface area contributed by atoms with Gasteiger partial charge in [-0.05, 0) is 24.3 Å². The van der Waals surface area contributed by atoms with Gasteiger partial charge in [-0.3, -0.25) is 4.79 Å². The number of carboxylic acids is 1. The Bertz CT molecular complexity index is 1490. The fourth-order valence-electron chi connectivity index (χ4n) is 3.17. The quantitative estimate of drug-likeness (QED) is 0.175. The number of hydrogen-bond acceptors (Lipinski definition) is 11. The number of benzene rings is 2. The Morgan fingerprint density at radius 2 is 1.42 bits per heavy atom. The first kappa shape index (κ1) is 31.5. The SMILES string of the molecule is O=[C-]c1cc(=O)c2c(OCC(O)COc3cccc4oc(C(=O)[O-])cc(=O)c34)cccc2o1.[Na+].[Na+].[OH-]. The van der Waals surface area contributed by atoms with Crippen LogP contribution in [0, 0.1) is 0 Å². The summed E-state index contributed by atoms with van der Waals surface area (Å²) in [4.78, 5) is 46.3. The third-order valence-electron chi connectivity index (χ3n) is 4.60. The molecule has 0 fully saturated rings. The van der Waals surface area contributed by atoms with Crippen LogP contribution in [0.15, 0.2) is 67.0 Å². The number of carboxylic acid groups (broad SMARTS) is 1. The molecule has 2 N–H and O–H groups in total. The van der Waals surface area contributed by atoms with Crippen LogP contribution in [-0.4, -0.2) is 42.2 Å². The molecule has 0 bridgehead atoms. The molecule has 2 heterocycles. The molecule has 1 unspecified atom stereocenters. The number of rotatable bonds is 8. The number of aliphatic hydroxyl groups excluding tert-OH is 1. The second-order valence-corrected chi connectivity index (χ2v) is 6.87. The van der Waals surface area contributed by atoms with Crippen LogP contribution in [-0.2, 0) is 4.79 Å². The molecule has 0 aliphatic heterocycles. The standard InChI is InChI=1S/C23H15O10.2Na.H2O/c24-9-13-7-14(26)21-16(3-1-5-18(21)32-13)30-10-12(25)11-31-17-4-2-6-19-22(17)15(27)8-20(33-19)23(28)29;;;/h1-8,12,25H,10-11H2,(H,28,29);;;1H2/q-1;2*+1;/p-2. The van der Waals surface area contributed by atoms with Crippen LogP contribution < -0.4 is 84.6 Å². The van der Waals surface area contributed by atoms with Crippen molar-refractivity contribution in [1.29, 1.82) is 0 Å². The predicted octanol–water partition coefficient (Wildman–Crippen LogP) is -5.63. The topological polar surface area (TPSA) is 186 Å². The molecule has 2 aromatic heterocycles. The van der Waals surface area contributed by atoms with Gasteiger partial charge in [0, 0.05) is 18.1 Å². The van der Waals surface area contributed by atoms with E-state index in [1.165, 1.54) is 36.6 Å². The van der Waals surface area contributed by atoms with Gasteiger partial charge in [0.05, 0.1) is 5.39 Å². The minimum Gasteiger partial charge on any atom is -0.870 e. The number of hydrogen-bond donors (Lipinski definition) is 1. The average molecular weight is 513 g/mol. The first-order valence-electron chi connectivity index (χ1n) is 9.54. The molecule has 4 aromatic rings. The number of carbonyl (C=O) groups excluding carboxylic acids is 2. The summed E-state index contributed by atoms with van der Waals surface area (Å²) in [5, 5.41) is 21.3. The average Bonchev–Trinajstić information content (AvgIpc) is 2.80. The molecule has 4 rings (SSSR count). The molecule has 176 valence electrons. The van der Waals surface area contributed by atoms with E-state index in [1.807, 2.05) is 0 Å². The van der Waals surface area contributed by atoms with Crippen LogP contribution in [0.2, 0.25) is 0 Å². The normalized spacial score (nSPS) is 10.9. The number of aliphatic hydroxyl groups is 1. The van der Waals surface area contributed by atoms with E-state index >= 15 is 0 Å². The molecular weight excluding hydrogens is 498 g/mol. The van der Waals surface area contributed by atoms with Gasteiger partial charge in [0.15, 0.2) is 11.2 Å². The van der Waals surface area contributed by atoms with E-state index in [9.17, 15) is 29.4 Å². The van der Waals surface area contributed by atoms with Crippen molar-refractivity contribution < 1.29 is 103 Å². The largest absolute Gasteiger partial charge is 1.00 e. The van der Waals surface area contributed by atoms with Crippen molar-refractivity contribution >= 4 is 34.2 Å². The van der Waals surface area contributed by atoms with Crippen LogP contribution in [0.25, 0.3) is 21.9 Å². The second-order valence-electron chi connectivity index (χ2n) is 6.87. The molecule has 2 aromatic carbocycles. The minimum absolute atomic E-state index is 0. The smallest absolute Gasteiger partial charge is 0.870 e. The van der Waals surface area contributed by atoms with Gasteiger partial charge in [-0.1, -0.05) is 12.1 Å². The van der Waals surface area contributed by atoms with Crippen LogP contribution >= 0.6 is 0 Å². The van der Waals surface area contributed by atoms with Gasteiger partial charge in [-0.2, -0.15) is 0 Å². The molecule has 0 aliphatic rings. The van der Waals surface area contributed by atoms with Gasteiger partial charge in [0.1, 0.15) is 58.8 Å². The first-order chi connectivity index (χ1) is 15.9. The summed E-state index contributed by atoms with van der Waals surface area (Å²) in [5.41, 5.74) is -1.04. The van der Waals surface area contributed by atoms with Crippen molar-refractivity contribution in [3.05, 3.63) is 80.5 Å². The zero-order valence-corrected chi connectivity index (χ0v) is 23.2. The van der Waals surface area contributed by atoms with E-state index in [-0.39, 0.29) is 117 Å². The van der Waals surface area contributed by atoms with Crippen molar-refractivity contribution in [2.75, 3.05) is 13.2 Å². The molecule has 36 heavy (non-hydrogen) atoms. The molecule has 0 saturated carbocycles. The van der Waals surface area contributed by atoms with Crippen LogP contribution in [0.5, 0.6) is 11.5 Å². The fraction of sp³-hybridized carbons (Fsp3) is 0.130. The van der Waals surface area contributed by atoms with Crippen molar-refractivity contribution in [2.45, 2.75) is 6.10 Å². The number of fused-ring (bicyclic) bond motifs is 2. The Kier molecular flexibility index (Phi) is 12.0. The van der Waals surface area contributed by atoms with Crippen LogP contribution in [0.4, 0.5) is 0 Å². The Labute approximate surface area is 246 Å². The maximum Gasteiger partial charge on any atom is 1.00 e. The molecule has 13 heteroatoms. The van der Waals surface area contributed by atoms with E-state index < -0.39 is 28.7 Å². The Morgan fingerprint density at radius 3 is 1.92 bits per heavy atom. The molecule has 0 radical (unpaired) electrons. The van der Waals surface area contributed by atoms with Crippen LogP contribution in [0.3, 0.4) is 0 Å². The van der Waals surface area contributed by atoms with Crippen molar-refractivity contribution in [2.24, 2.45) is 0 Å². The van der Waals surface area contributed by atoms with Gasteiger partial charge < -0.3 is 48.4 Å². The van der Waals surface area contributed by atoms with Crippen LogP contribution in [0.1, 0.15) is 16.3 Å². The summed E-state index contributed by atoms with van der Waals surface area (Å²) in [6, 6.07) is 10.7. The zero-order valence-electron chi connectivity index (χ0n) is 19.2. The Balaban J connectivity index is 0.00000216.